The van der Waals surface area contributed by atoms with Crippen molar-refractivity contribution in [3.8, 4) is 0 Å². The van der Waals surface area contributed by atoms with Gasteiger partial charge in [0.25, 0.3) is 0 Å². The number of fused-ring (bicyclic) bond motifs is 1. The van der Waals surface area contributed by atoms with Crippen LogP contribution in [0.2, 0.25) is 0 Å². The Labute approximate surface area is 120 Å². The minimum atomic E-state index is 0.515. The highest BCUT2D eigenvalue weighted by molar-refractivity contribution is 7.16. The van der Waals surface area contributed by atoms with Crippen molar-refractivity contribution in [1.29, 1.82) is 0 Å². The lowest BCUT2D eigenvalue weighted by atomic mass is 10.1. The molecular weight excluding hydrogens is 270 g/mol. The number of rotatable bonds is 2. The standard InChI is InChI=1S/C14H15N5S/c1-5-17-19(6-1)11-2-7-18(8-3-11)13-12-4-9-20-14(12)16-10-15-13/h1,4-6,9-11H,2-3,7-8H2. The molecule has 1 fully saturated rings. The Morgan fingerprint density at radius 1 is 1.20 bits per heavy atom. The van der Waals surface area contributed by atoms with E-state index in [-0.39, 0.29) is 0 Å². The summed E-state index contributed by atoms with van der Waals surface area (Å²) in [6, 6.07) is 4.63. The summed E-state index contributed by atoms with van der Waals surface area (Å²) in [5.74, 6) is 1.08. The molecule has 1 aliphatic rings. The summed E-state index contributed by atoms with van der Waals surface area (Å²) in [6.45, 7) is 2.04. The van der Waals surface area contributed by atoms with Crippen molar-refractivity contribution < 1.29 is 0 Å². The lowest BCUT2D eigenvalue weighted by Gasteiger charge is -2.33. The van der Waals surface area contributed by atoms with Crippen molar-refractivity contribution in [2.24, 2.45) is 0 Å². The summed E-state index contributed by atoms with van der Waals surface area (Å²) < 4.78 is 2.08. The third kappa shape index (κ3) is 1.96. The average Bonchev–Trinajstić information content (AvgIpc) is 3.18. The molecule has 0 aromatic carbocycles. The van der Waals surface area contributed by atoms with Gasteiger partial charge < -0.3 is 4.90 Å². The van der Waals surface area contributed by atoms with Crippen LogP contribution < -0.4 is 4.90 Å². The molecule has 0 bridgehead atoms. The van der Waals surface area contributed by atoms with Gasteiger partial charge in [0.15, 0.2) is 0 Å². The van der Waals surface area contributed by atoms with E-state index in [4.69, 9.17) is 0 Å². The van der Waals surface area contributed by atoms with E-state index in [1.807, 2.05) is 12.3 Å². The van der Waals surface area contributed by atoms with Crippen molar-refractivity contribution in [2.45, 2.75) is 18.9 Å². The molecule has 0 radical (unpaired) electrons. The first-order valence-corrected chi connectivity index (χ1v) is 7.72. The molecule has 0 unspecified atom stereocenters. The average molecular weight is 285 g/mol. The predicted molar refractivity (Wildman–Crippen MR) is 80.1 cm³/mol. The van der Waals surface area contributed by atoms with Crippen LogP contribution in [0.5, 0.6) is 0 Å². The summed E-state index contributed by atoms with van der Waals surface area (Å²) in [4.78, 5) is 12.3. The van der Waals surface area contributed by atoms with Crippen LogP contribution in [0, 0.1) is 0 Å². The molecule has 3 aromatic heterocycles. The van der Waals surface area contributed by atoms with Crippen molar-refractivity contribution in [2.75, 3.05) is 18.0 Å². The van der Waals surface area contributed by atoms with Crippen molar-refractivity contribution in [1.82, 2.24) is 19.7 Å². The number of nitrogens with zero attached hydrogens (tertiary/aromatic N) is 5. The smallest absolute Gasteiger partial charge is 0.140 e. The second kappa shape index (κ2) is 4.86. The molecule has 0 amide bonds. The molecule has 20 heavy (non-hydrogen) atoms. The van der Waals surface area contributed by atoms with E-state index in [9.17, 15) is 0 Å². The second-order valence-electron chi connectivity index (χ2n) is 5.04. The van der Waals surface area contributed by atoms with E-state index < -0.39 is 0 Å². The van der Waals surface area contributed by atoms with Crippen LogP contribution in [0.1, 0.15) is 18.9 Å². The number of aromatic nitrogens is 4. The van der Waals surface area contributed by atoms with Gasteiger partial charge in [-0.3, -0.25) is 4.68 Å². The summed E-state index contributed by atoms with van der Waals surface area (Å²) in [5.41, 5.74) is 0. The Kier molecular flexibility index (Phi) is 2.88. The lowest BCUT2D eigenvalue weighted by Crippen LogP contribution is -2.35. The van der Waals surface area contributed by atoms with Gasteiger partial charge in [0.05, 0.1) is 11.4 Å². The summed E-state index contributed by atoms with van der Waals surface area (Å²) in [7, 11) is 0. The predicted octanol–water partition coefficient (Wildman–Crippen LogP) is 2.73. The lowest BCUT2D eigenvalue weighted by molar-refractivity contribution is 0.366. The number of thiophene rings is 1. The van der Waals surface area contributed by atoms with Crippen molar-refractivity contribution in [3.05, 3.63) is 36.2 Å². The highest BCUT2D eigenvalue weighted by Crippen LogP contribution is 2.30. The molecule has 6 heteroatoms. The molecule has 0 spiro atoms. The molecule has 3 aromatic rings. The molecule has 0 atom stereocenters. The molecule has 1 aliphatic heterocycles. The van der Waals surface area contributed by atoms with E-state index in [0.29, 0.717) is 6.04 Å². The van der Waals surface area contributed by atoms with E-state index in [0.717, 1.165) is 36.6 Å². The SMILES string of the molecule is c1cnn(C2CCN(c3ncnc4sccc34)CC2)c1. The van der Waals surface area contributed by atoms with Gasteiger partial charge >= 0.3 is 0 Å². The normalized spacial score (nSPS) is 16.9. The highest BCUT2D eigenvalue weighted by Gasteiger charge is 2.22. The van der Waals surface area contributed by atoms with Gasteiger partial charge in [0.1, 0.15) is 17.0 Å². The minimum absolute atomic E-state index is 0.515. The Morgan fingerprint density at radius 2 is 2.10 bits per heavy atom. The minimum Gasteiger partial charge on any atom is -0.356 e. The molecule has 1 saturated heterocycles. The zero-order valence-corrected chi connectivity index (χ0v) is 11.8. The Hall–Kier alpha value is -1.95. The van der Waals surface area contributed by atoms with Gasteiger partial charge in [-0.1, -0.05) is 0 Å². The molecular formula is C14H15N5S. The number of piperidine rings is 1. The van der Waals surface area contributed by atoms with Gasteiger partial charge in [-0.15, -0.1) is 11.3 Å². The van der Waals surface area contributed by atoms with E-state index in [2.05, 4.69) is 42.3 Å². The fourth-order valence-electron chi connectivity index (χ4n) is 2.87. The van der Waals surface area contributed by atoms with Gasteiger partial charge in [0, 0.05) is 25.5 Å². The van der Waals surface area contributed by atoms with Crippen LogP contribution in [0.3, 0.4) is 0 Å². The molecule has 0 N–H and O–H groups in total. The maximum atomic E-state index is 4.49. The third-order valence-corrected chi connectivity index (χ3v) is 4.72. The van der Waals surface area contributed by atoms with Gasteiger partial charge in [-0.05, 0) is 30.4 Å². The van der Waals surface area contributed by atoms with E-state index >= 15 is 0 Å². The highest BCUT2D eigenvalue weighted by atomic mass is 32.1. The molecule has 5 nitrogen and oxygen atoms in total. The molecule has 4 rings (SSSR count). The molecule has 0 saturated carbocycles. The van der Waals surface area contributed by atoms with Crippen molar-refractivity contribution >= 4 is 27.4 Å². The van der Waals surface area contributed by atoms with Crippen LogP contribution in [-0.2, 0) is 0 Å². The Bertz CT molecular complexity index is 697. The topological polar surface area (TPSA) is 46.8 Å². The summed E-state index contributed by atoms with van der Waals surface area (Å²) in [5, 5.41) is 7.61. The van der Waals surface area contributed by atoms with Crippen LogP contribution in [0.25, 0.3) is 10.2 Å². The largest absolute Gasteiger partial charge is 0.356 e. The van der Waals surface area contributed by atoms with E-state index in [1.54, 1.807) is 17.7 Å². The van der Waals surface area contributed by atoms with Gasteiger partial charge in [-0.2, -0.15) is 5.10 Å². The Balaban J connectivity index is 1.56. The first-order valence-electron chi connectivity index (χ1n) is 6.84. The zero-order valence-electron chi connectivity index (χ0n) is 11.0. The number of hydrogen-bond donors (Lipinski definition) is 0. The van der Waals surface area contributed by atoms with Crippen LogP contribution in [0.15, 0.2) is 36.2 Å². The Morgan fingerprint density at radius 3 is 2.90 bits per heavy atom. The monoisotopic (exact) mass is 285 g/mol. The molecule has 102 valence electrons. The van der Waals surface area contributed by atoms with Gasteiger partial charge in [-0.25, -0.2) is 9.97 Å². The van der Waals surface area contributed by atoms with Crippen LogP contribution >= 0.6 is 11.3 Å². The third-order valence-electron chi connectivity index (χ3n) is 3.90. The number of hydrogen-bond acceptors (Lipinski definition) is 5. The van der Waals surface area contributed by atoms with Gasteiger partial charge in [0.2, 0.25) is 0 Å². The van der Waals surface area contributed by atoms with Crippen molar-refractivity contribution in [3.63, 3.8) is 0 Å². The maximum absolute atomic E-state index is 4.49. The first-order chi connectivity index (χ1) is 9.92. The molecule has 0 aliphatic carbocycles. The zero-order chi connectivity index (χ0) is 13.4. The van der Waals surface area contributed by atoms with Crippen LogP contribution in [0.4, 0.5) is 5.82 Å². The fourth-order valence-corrected chi connectivity index (χ4v) is 3.60. The summed E-state index contributed by atoms with van der Waals surface area (Å²) in [6.07, 6.45) is 7.80. The summed E-state index contributed by atoms with van der Waals surface area (Å²) >= 11 is 1.67. The first kappa shape index (κ1) is 11.8. The maximum Gasteiger partial charge on any atom is 0.140 e. The van der Waals surface area contributed by atoms with E-state index in [1.165, 1.54) is 5.39 Å². The fraction of sp³-hybridized carbons (Fsp3) is 0.357. The quantitative estimate of drug-likeness (QED) is 0.726. The molecule has 4 heterocycles. The van der Waals surface area contributed by atoms with Crippen LogP contribution in [-0.4, -0.2) is 32.8 Å². The second-order valence-corrected chi connectivity index (χ2v) is 5.94. The number of anilines is 1.